The van der Waals surface area contributed by atoms with Crippen LogP contribution in [-0.2, 0) is 38.6 Å². The molecule has 3 aromatic rings. The Morgan fingerprint density at radius 1 is 0.861 bits per heavy atom. The van der Waals surface area contributed by atoms with Crippen LogP contribution in [0, 0.1) is 5.82 Å². The van der Waals surface area contributed by atoms with E-state index in [-0.39, 0.29) is 19.4 Å². The second-order valence-corrected chi connectivity index (χ2v) is 8.21. The minimum atomic E-state index is -1.14. The topological polar surface area (TPSA) is 117 Å². The van der Waals surface area contributed by atoms with Crippen molar-refractivity contribution in [2.24, 2.45) is 0 Å². The minimum absolute atomic E-state index is 0.0415. The maximum atomic E-state index is 13.1. The molecule has 0 unspecified atom stereocenters. The highest BCUT2D eigenvalue weighted by Gasteiger charge is 2.29. The summed E-state index contributed by atoms with van der Waals surface area (Å²) in [5.41, 5.74) is 1.92. The number of ketones is 1. The molecule has 0 saturated heterocycles. The van der Waals surface area contributed by atoms with Crippen LogP contribution in [0.5, 0.6) is 0 Å². The lowest BCUT2D eigenvalue weighted by molar-refractivity contribution is -0.140. The fourth-order valence-corrected chi connectivity index (χ4v) is 3.42. The molecule has 0 aliphatic carbocycles. The molecule has 0 bridgehead atoms. The average molecular weight is 491 g/mol. The normalized spacial score (nSPS) is 12.2. The van der Waals surface area contributed by atoms with E-state index in [1.54, 1.807) is 48.7 Å². The summed E-state index contributed by atoms with van der Waals surface area (Å²) in [4.78, 5) is 54.8. The van der Waals surface area contributed by atoms with Gasteiger partial charge in [0.25, 0.3) is 5.91 Å². The predicted molar refractivity (Wildman–Crippen MR) is 131 cm³/mol. The smallest absolute Gasteiger partial charge is 0.289 e. The molecule has 0 saturated carbocycles. The summed E-state index contributed by atoms with van der Waals surface area (Å²) in [5.74, 6) is -3.13. The maximum Gasteiger partial charge on any atom is 0.289 e. The SMILES string of the molecule is C[C@@H](NC(=O)Cc1ccc(F)cc1)C(=O)N[C@H](Cc1ccccc1)C(=O)C(=O)NCc1ccccn1. The third-order valence-corrected chi connectivity index (χ3v) is 5.34. The highest BCUT2D eigenvalue weighted by atomic mass is 19.1. The summed E-state index contributed by atoms with van der Waals surface area (Å²) in [6.45, 7) is 1.54. The number of carbonyl (C=O) groups is 4. The van der Waals surface area contributed by atoms with E-state index in [2.05, 4.69) is 20.9 Å². The molecule has 0 spiro atoms. The fourth-order valence-electron chi connectivity index (χ4n) is 3.42. The molecule has 0 fully saturated rings. The van der Waals surface area contributed by atoms with E-state index in [4.69, 9.17) is 0 Å². The van der Waals surface area contributed by atoms with Crippen LogP contribution in [-0.4, -0.2) is 40.6 Å². The molecule has 0 radical (unpaired) electrons. The lowest BCUT2D eigenvalue weighted by Gasteiger charge is -2.21. The molecule has 3 N–H and O–H groups in total. The molecule has 1 aromatic heterocycles. The summed E-state index contributed by atoms with van der Waals surface area (Å²) in [7, 11) is 0. The number of nitrogens with one attached hydrogen (secondary N) is 3. The van der Waals surface area contributed by atoms with Crippen LogP contribution in [0.15, 0.2) is 79.0 Å². The van der Waals surface area contributed by atoms with Crippen molar-refractivity contribution >= 4 is 23.5 Å². The zero-order chi connectivity index (χ0) is 25.9. The Bertz CT molecular complexity index is 1190. The van der Waals surface area contributed by atoms with Gasteiger partial charge in [-0.05, 0) is 42.3 Å². The minimum Gasteiger partial charge on any atom is -0.344 e. The molecule has 2 atom stereocenters. The predicted octanol–water partition coefficient (Wildman–Crippen LogP) is 1.88. The van der Waals surface area contributed by atoms with E-state index >= 15 is 0 Å². The zero-order valence-corrected chi connectivity index (χ0v) is 19.7. The van der Waals surface area contributed by atoms with Gasteiger partial charge < -0.3 is 16.0 Å². The van der Waals surface area contributed by atoms with Gasteiger partial charge in [0.1, 0.15) is 17.9 Å². The van der Waals surface area contributed by atoms with Gasteiger partial charge in [-0.15, -0.1) is 0 Å². The highest BCUT2D eigenvalue weighted by Crippen LogP contribution is 2.06. The van der Waals surface area contributed by atoms with Crippen LogP contribution >= 0.6 is 0 Å². The lowest BCUT2D eigenvalue weighted by atomic mass is 10.0. The Labute approximate surface area is 208 Å². The third-order valence-electron chi connectivity index (χ3n) is 5.34. The summed E-state index contributed by atoms with van der Waals surface area (Å²) in [5, 5.41) is 7.69. The molecule has 8 nitrogen and oxygen atoms in total. The average Bonchev–Trinajstić information content (AvgIpc) is 2.88. The van der Waals surface area contributed by atoms with Crippen molar-refractivity contribution in [3.8, 4) is 0 Å². The Kier molecular flexibility index (Phi) is 9.39. The Balaban J connectivity index is 1.62. The Morgan fingerprint density at radius 2 is 1.56 bits per heavy atom. The maximum absolute atomic E-state index is 13.1. The standard InChI is InChI=1S/C27H27FN4O4/c1-18(31-24(33)16-20-10-12-21(28)13-11-20)26(35)32-23(15-19-7-3-2-4-8-19)25(34)27(36)30-17-22-9-5-6-14-29-22/h2-14,18,23H,15-17H2,1H3,(H,30,36)(H,31,33)(H,32,35)/t18-,23-/m1/s1. The zero-order valence-electron chi connectivity index (χ0n) is 19.7. The summed E-state index contributed by atoms with van der Waals surface area (Å²) in [6.07, 6.45) is 1.63. The number of Topliss-reactive ketones (excluding diaryl/α,β-unsaturated/α-hetero) is 1. The summed E-state index contributed by atoms with van der Waals surface area (Å²) < 4.78 is 13.1. The number of amides is 3. The van der Waals surface area contributed by atoms with Crippen molar-refractivity contribution in [1.82, 2.24) is 20.9 Å². The van der Waals surface area contributed by atoms with Gasteiger partial charge in [-0.1, -0.05) is 48.5 Å². The molecule has 0 aliphatic rings. The number of hydrogen-bond donors (Lipinski definition) is 3. The number of pyridine rings is 1. The fraction of sp³-hybridized carbons (Fsp3) is 0.222. The molecule has 3 rings (SSSR count). The van der Waals surface area contributed by atoms with Crippen molar-refractivity contribution in [1.29, 1.82) is 0 Å². The van der Waals surface area contributed by atoms with Gasteiger partial charge >= 0.3 is 0 Å². The molecule has 1 heterocycles. The van der Waals surface area contributed by atoms with Crippen molar-refractivity contribution in [2.45, 2.75) is 38.4 Å². The first-order valence-corrected chi connectivity index (χ1v) is 11.4. The third kappa shape index (κ3) is 8.12. The molecule has 36 heavy (non-hydrogen) atoms. The van der Waals surface area contributed by atoms with E-state index in [9.17, 15) is 23.6 Å². The Hall–Kier alpha value is -4.40. The van der Waals surface area contributed by atoms with Crippen molar-refractivity contribution in [2.75, 3.05) is 0 Å². The van der Waals surface area contributed by atoms with Gasteiger partial charge in [-0.25, -0.2) is 4.39 Å². The monoisotopic (exact) mass is 490 g/mol. The van der Waals surface area contributed by atoms with Crippen LogP contribution in [0.1, 0.15) is 23.7 Å². The van der Waals surface area contributed by atoms with Crippen molar-refractivity contribution in [3.63, 3.8) is 0 Å². The van der Waals surface area contributed by atoms with E-state index in [1.165, 1.54) is 31.2 Å². The van der Waals surface area contributed by atoms with Gasteiger partial charge in [0.2, 0.25) is 17.6 Å². The van der Waals surface area contributed by atoms with Gasteiger partial charge in [0, 0.05) is 12.6 Å². The van der Waals surface area contributed by atoms with E-state index in [1.807, 2.05) is 6.07 Å². The van der Waals surface area contributed by atoms with Crippen LogP contribution in [0.3, 0.4) is 0 Å². The number of aromatic nitrogens is 1. The second kappa shape index (κ2) is 12.9. The first-order chi connectivity index (χ1) is 17.3. The van der Waals surface area contributed by atoms with Crippen LogP contribution < -0.4 is 16.0 Å². The lowest BCUT2D eigenvalue weighted by Crippen LogP contribution is -2.53. The second-order valence-electron chi connectivity index (χ2n) is 8.21. The largest absolute Gasteiger partial charge is 0.344 e. The molecule has 2 aromatic carbocycles. The molecule has 186 valence electrons. The molecule has 0 aliphatic heterocycles. The Morgan fingerprint density at radius 3 is 2.22 bits per heavy atom. The molecule has 9 heteroatoms. The van der Waals surface area contributed by atoms with E-state index in [0.29, 0.717) is 11.3 Å². The number of rotatable bonds is 11. The molecular weight excluding hydrogens is 463 g/mol. The van der Waals surface area contributed by atoms with Gasteiger partial charge in [0.05, 0.1) is 18.7 Å². The van der Waals surface area contributed by atoms with E-state index in [0.717, 1.165) is 5.56 Å². The first kappa shape index (κ1) is 26.2. The number of carbonyl (C=O) groups excluding carboxylic acids is 4. The van der Waals surface area contributed by atoms with Gasteiger partial charge in [-0.3, -0.25) is 24.2 Å². The van der Waals surface area contributed by atoms with Crippen LogP contribution in [0.2, 0.25) is 0 Å². The number of benzene rings is 2. The number of hydrogen-bond acceptors (Lipinski definition) is 5. The van der Waals surface area contributed by atoms with Crippen molar-refractivity contribution < 1.29 is 23.6 Å². The van der Waals surface area contributed by atoms with Crippen LogP contribution in [0.4, 0.5) is 4.39 Å². The molecular formula is C27H27FN4O4. The first-order valence-electron chi connectivity index (χ1n) is 11.4. The summed E-state index contributed by atoms with van der Waals surface area (Å²) >= 11 is 0. The molecule has 3 amide bonds. The quantitative estimate of drug-likeness (QED) is 0.355. The summed E-state index contributed by atoms with van der Waals surface area (Å²) in [6, 6.07) is 17.5. The van der Waals surface area contributed by atoms with E-state index < -0.39 is 41.4 Å². The van der Waals surface area contributed by atoms with Crippen LogP contribution in [0.25, 0.3) is 0 Å². The number of nitrogens with zero attached hydrogens (tertiary/aromatic N) is 1. The van der Waals surface area contributed by atoms with Crippen molar-refractivity contribution in [3.05, 3.63) is 102 Å². The highest BCUT2D eigenvalue weighted by molar-refractivity contribution is 6.38. The van der Waals surface area contributed by atoms with Gasteiger partial charge in [0.15, 0.2) is 0 Å². The number of halogens is 1. The van der Waals surface area contributed by atoms with Gasteiger partial charge in [-0.2, -0.15) is 0 Å².